The molecule has 1 aromatic heterocycles. The summed E-state index contributed by atoms with van der Waals surface area (Å²) in [7, 11) is 3.22. The zero-order valence-corrected chi connectivity index (χ0v) is 15.6. The summed E-state index contributed by atoms with van der Waals surface area (Å²) in [6.07, 6.45) is 0. The zero-order chi connectivity index (χ0) is 19.1. The van der Waals surface area contributed by atoms with Gasteiger partial charge >= 0.3 is 0 Å². The van der Waals surface area contributed by atoms with E-state index in [1.54, 1.807) is 26.4 Å². The molecule has 2 heterocycles. The summed E-state index contributed by atoms with van der Waals surface area (Å²) in [5.41, 5.74) is 0.639. The Balaban J connectivity index is 1.54. The zero-order valence-electron chi connectivity index (χ0n) is 15.6. The number of piperazine rings is 1. The van der Waals surface area contributed by atoms with Gasteiger partial charge in [-0.3, -0.25) is 4.79 Å². The van der Waals surface area contributed by atoms with Gasteiger partial charge in [-0.25, -0.2) is 0 Å². The Morgan fingerprint density at radius 2 is 1.85 bits per heavy atom. The minimum Gasteiger partial charge on any atom is -0.497 e. The predicted octanol–water partition coefficient (Wildman–Crippen LogP) is 1.47. The van der Waals surface area contributed by atoms with Gasteiger partial charge in [0, 0.05) is 44.9 Å². The fourth-order valence-corrected chi connectivity index (χ4v) is 2.87. The smallest absolute Gasteiger partial charge is 0.254 e. The maximum atomic E-state index is 12.7. The first kappa shape index (κ1) is 18.9. The van der Waals surface area contributed by atoms with E-state index in [9.17, 15) is 4.79 Å². The standard InChI is InChI=1S/C19H24N4O4/c1-25-12-13-27-18-7-6-17(20-21-18)22-8-10-23(11-9-22)19(24)15-4-3-5-16(14-15)26-2/h3-7,14H,8-13H2,1-2H3. The molecule has 1 aliphatic heterocycles. The molecular weight excluding hydrogens is 348 g/mol. The van der Waals surface area contributed by atoms with Gasteiger partial charge in [0.25, 0.3) is 5.91 Å². The van der Waals surface area contributed by atoms with E-state index >= 15 is 0 Å². The first-order valence-electron chi connectivity index (χ1n) is 8.85. The van der Waals surface area contributed by atoms with Gasteiger partial charge in [0.1, 0.15) is 12.4 Å². The number of rotatable bonds is 7. The van der Waals surface area contributed by atoms with Crippen molar-refractivity contribution < 1.29 is 19.0 Å². The topological polar surface area (TPSA) is 77.0 Å². The summed E-state index contributed by atoms with van der Waals surface area (Å²) in [5, 5.41) is 8.30. The first-order chi connectivity index (χ1) is 13.2. The molecule has 0 spiro atoms. The molecule has 0 atom stereocenters. The third-order valence-electron chi connectivity index (χ3n) is 4.37. The Bertz CT molecular complexity index is 746. The SMILES string of the molecule is COCCOc1ccc(N2CCN(C(=O)c3cccc(OC)c3)CC2)nn1. The summed E-state index contributed by atoms with van der Waals surface area (Å²) >= 11 is 0. The van der Waals surface area contributed by atoms with Gasteiger partial charge in [-0.15, -0.1) is 10.2 Å². The molecule has 1 saturated heterocycles. The Kier molecular flexibility index (Phi) is 6.43. The molecule has 3 rings (SSSR count). The highest BCUT2D eigenvalue weighted by Gasteiger charge is 2.23. The number of hydrogen-bond acceptors (Lipinski definition) is 7. The van der Waals surface area contributed by atoms with Crippen LogP contribution in [0.4, 0.5) is 5.82 Å². The monoisotopic (exact) mass is 372 g/mol. The molecule has 1 aromatic carbocycles. The number of aromatic nitrogens is 2. The third kappa shape index (κ3) is 4.85. The third-order valence-corrected chi connectivity index (χ3v) is 4.37. The Hall–Kier alpha value is -2.87. The molecule has 0 radical (unpaired) electrons. The van der Waals surface area contributed by atoms with Crippen LogP contribution in [0.5, 0.6) is 11.6 Å². The van der Waals surface area contributed by atoms with Crippen LogP contribution in [-0.4, -0.2) is 74.6 Å². The van der Waals surface area contributed by atoms with Crippen LogP contribution in [0.3, 0.4) is 0 Å². The van der Waals surface area contributed by atoms with Crippen molar-refractivity contribution in [3.63, 3.8) is 0 Å². The molecule has 0 bridgehead atoms. The number of carbonyl (C=O) groups is 1. The maximum absolute atomic E-state index is 12.7. The largest absolute Gasteiger partial charge is 0.497 e. The number of benzene rings is 1. The summed E-state index contributed by atoms with van der Waals surface area (Å²) < 4.78 is 15.6. The van der Waals surface area contributed by atoms with Crippen LogP contribution in [0.2, 0.25) is 0 Å². The van der Waals surface area contributed by atoms with Crippen molar-refractivity contribution in [2.24, 2.45) is 0 Å². The lowest BCUT2D eigenvalue weighted by Crippen LogP contribution is -2.49. The number of anilines is 1. The molecule has 0 saturated carbocycles. The summed E-state index contributed by atoms with van der Waals surface area (Å²) in [6.45, 7) is 3.61. The number of ether oxygens (including phenoxy) is 3. The van der Waals surface area contributed by atoms with Crippen molar-refractivity contribution in [1.82, 2.24) is 15.1 Å². The normalized spacial score (nSPS) is 14.1. The van der Waals surface area contributed by atoms with Gasteiger partial charge < -0.3 is 24.0 Å². The van der Waals surface area contributed by atoms with Crippen molar-refractivity contribution in [2.75, 3.05) is 58.5 Å². The molecule has 8 heteroatoms. The molecule has 144 valence electrons. The van der Waals surface area contributed by atoms with Crippen molar-refractivity contribution in [1.29, 1.82) is 0 Å². The van der Waals surface area contributed by atoms with E-state index in [1.165, 1.54) is 0 Å². The van der Waals surface area contributed by atoms with Gasteiger partial charge in [-0.05, 0) is 24.3 Å². The van der Waals surface area contributed by atoms with E-state index in [-0.39, 0.29) is 5.91 Å². The highest BCUT2D eigenvalue weighted by molar-refractivity contribution is 5.94. The second-order valence-corrected chi connectivity index (χ2v) is 6.08. The van der Waals surface area contributed by atoms with Crippen LogP contribution in [0.1, 0.15) is 10.4 Å². The highest BCUT2D eigenvalue weighted by Crippen LogP contribution is 2.18. The van der Waals surface area contributed by atoms with Crippen LogP contribution >= 0.6 is 0 Å². The lowest BCUT2D eigenvalue weighted by molar-refractivity contribution is 0.0746. The molecule has 1 fully saturated rings. The minimum atomic E-state index is 0.0153. The molecule has 0 unspecified atom stereocenters. The predicted molar refractivity (Wildman–Crippen MR) is 101 cm³/mol. The Morgan fingerprint density at radius 1 is 1.04 bits per heavy atom. The van der Waals surface area contributed by atoms with Crippen LogP contribution in [0.15, 0.2) is 36.4 Å². The summed E-state index contributed by atoms with van der Waals surface area (Å²) in [4.78, 5) is 16.6. The van der Waals surface area contributed by atoms with E-state index in [2.05, 4.69) is 15.1 Å². The van der Waals surface area contributed by atoms with Crippen LogP contribution in [0, 0.1) is 0 Å². The number of nitrogens with zero attached hydrogens (tertiary/aromatic N) is 4. The van der Waals surface area contributed by atoms with Crippen LogP contribution in [0.25, 0.3) is 0 Å². The van der Waals surface area contributed by atoms with E-state index in [1.807, 2.05) is 29.2 Å². The molecule has 0 aliphatic carbocycles. The van der Waals surface area contributed by atoms with Crippen molar-refractivity contribution >= 4 is 11.7 Å². The Morgan fingerprint density at radius 3 is 2.52 bits per heavy atom. The molecule has 0 N–H and O–H groups in total. The van der Waals surface area contributed by atoms with Crippen molar-refractivity contribution in [2.45, 2.75) is 0 Å². The fourth-order valence-electron chi connectivity index (χ4n) is 2.87. The molecule has 1 amide bonds. The number of amides is 1. The average Bonchev–Trinajstić information content (AvgIpc) is 2.74. The molecule has 27 heavy (non-hydrogen) atoms. The number of methoxy groups -OCH3 is 2. The first-order valence-corrected chi connectivity index (χ1v) is 8.85. The number of hydrogen-bond donors (Lipinski definition) is 0. The fraction of sp³-hybridized carbons (Fsp3) is 0.421. The molecule has 8 nitrogen and oxygen atoms in total. The highest BCUT2D eigenvalue weighted by atomic mass is 16.5. The second-order valence-electron chi connectivity index (χ2n) is 6.08. The van der Waals surface area contributed by atoms with Crippen LogP contribution < -0.4 is 14.4 Å². The lowest BCUT2D eigenvalue weighted by Gasteiger charge is -2.35. The second kappa shape index (κ2) is 9.18. The quantitative estimate of drug-likeness (QED) is 0.681. The van der Waals surface area contributed by atoms with Crippen LogP contribution in [-0.2, 0) is 4.74 Å². The van der Waals surface area contributed by atoms with Gasteiger partial charge in [0.15, 0.2) is 5.82 Å². The van der Waals surface area contributed by atoms with E-state index in [0.717, 1.165) is 5.82 Å². The van der Waals surface area contributed by atoms with Crippen molar-refractivity contribution in [3.05, 3.63) is 42.0 Å². The van der Waals surface area contributed by atoms with Gasteiger partial charge in [0.05, 0.1) is 13.7 Å². The maximum Gasteiger partial charge on any atom is 0.254 e. The summed E-state index contributed by atoms with van der Waals surface area (Å²) in [5.74, 6) is 1.95. The van der Waals surface area contributed by atoms with E-state index in [4.69, 9.17) is 14.2 Å². The molecule has 2 aromatic rings. The van der Waals surface area contributed by atoms with E-state index < -0.39 is 0 Å². The Labute approximate surface area is 158 Å². The lowest BCUT2D eigenvalue weighted by atomic mass is 10.1. The summed E-state index contributed by atoms with van der Waals surface area (Å²) in [6, 6.07) is 10.9. The molecular formula is C19H24N4O4. The number of carbonyl (C=O) groups excluding carboxylic acids is 1. The van der Waals surface area contributed by atoms with Gasteiger partial charge in [0.2, 0.25) is 5.88 Å². The van der Waals surface area contributed by atoms with Gasteiger partial charge in [-0.2, -0.15) is 0 Å². The van der Waals surface area contributed by atoms with Gasteiger partial charge in [-0.1, -0.05) is 6.07 Å². The average molecular weight is 372 g/mol. The minimum absolute atomic E-state index is 0.0153. The molecule has 1 aliphatic rings. The van der Waals surface area contributed by atoms with Crippen molar-refractivity contribution in [3.8, 4) is 11.6 Å². The van der Waals surface area contributed by atoms with E-state index in [0.29, 0.717) is 56.6 Å².